The van der Waals surface area contributed by atoms with Gasteiger partial charge in [-0.2, -0.15) is 5.10 Å². The van der Waals surface area contributed by atoms with Gasteiger partial charge in [0.1, 0.15) is 0 Å². The minimum atomic E-state index is -0.500. The van der Waals surface area contributed by atoms with E-state index in [4.69, 9.17) is 0 Å². The Kier molecular flexibility index (Phi) is 4.55. The standard InChI is InChI=1S/C14H17BrN2O/c1-2-9-17-13(7-8-16-17)14(18)10-11-3-5-12(15)6-4-11/h3-8,14,18H,2,9-10H2,1H3. The highest BCUT2D eigenvalue weighted by atomic mass is 79.9. The van der Waals surface area contributed by atoms with E-state index in [1.165, 1.54) is 0 Å². The van der Waals surface area contributed by atoms with Crippen LogP contribution in [0.15, 0.2) is 41.0 Å². The predicted molar refractivity (Wildman–Crippen MR) is 75.3 cm³/mol. The number of aliphatic hydroxyl groups is 1. The second kappa shape index (κ2) is 6.16. The van der Waals surface area contributed by atoms with Gasteiger partial charge in [0.25, 0.3) is 0 Å². The zero-order valence-electron chi connectivity index (χ0n) is 10.4. The van der Waals surface area contributed by atoms with Gasteiger partial charge >= 0.3 is 0 Å². The Bertz CT molecular complexity index is 493. The van der Waals surface area contributed by atoms with E-state index in [0.29, 0.717) is 6.42 Å². The van der Waals surface area contributed by atoms with Crippen LogP contribution in [0.1, 0.15) is 30.7 Å². The first-order chi connectivity index (χ1) is 8.70. The van der Waals surface area contributed by atoms with E-state index in [1.807, 2.05) is 35.0 Å². The van der Waals surface area contributed by atoms with E-state index in [1.54, 1.807) is 6.20 Å². The lowest BCUT2D eigenvalue weighted by atomic mass is 10.1. The van der Waals surface area contributed by atoms with Crippen molar-refractivity contribution in [1.29, 1.82) is 0 Å². The zero-order valence-corrected chi connectivity index (χ0v) is 12.0. The van der Waals surface area contributed by atoms with Crippen LogP contribution in [0.2, 0.25) is 0 Å². The highest BCUT2D eigenvalue weighted by Gasteiger charge is 2.13. The minimum Gasteiger partial charge on any atom is -0.386 e. The van der Waals surface area contributed by atoms with Crippen molar-refractivity contribution in [3.05, 3.63) is 52.3 Å². The molecular weight excluding hydrogens is 292 g/mol. The van der Waals surface area contributed by atoms with Gasteiger partial charge in [0, 0.05) is 23.6 Å². The van der Waals surface area contributed by atoms with Crippen molar-refractivity contribution in [3.63, 3.8) is 0 Å². The van der Waals surface area contributed by atoms with E-state index < -0.39 is 6.10 Å². The number of halogens is 1. The number of aryl methyl sites for hydroxylation is 1. The molecule has 2 rings (SSSR count). The summed E-state index contributed by atoms with van der Waals surface area (Å²) in [5, 5.41) is 14.5. The van der Waals surface area contributed by atoms with Crippen LogP contribution in [0.3, 0.4) is 0 Å². The molecule has 0 bridgehead atoms. The molecule has 1 unspecified atom stereocenters. The van der Waals surface area contributed by atoms with Crippen molar-refractivity contribution in [1.82, 2.24) is 9.78 Å². The number of hydrogen-bond acceptors (Lipinski definition) is 2. The van der Waals surface area contributed by atoms with Crippen molar-refractivity contribution in [3.8, 4) is 0 Å². The maximum atomic E-state index is 10.3. The summed E-state index contributed by atoms with van der Waals surface area (Å²) < 4.78 is 2.93. The number of hydrogen-bond donors (Lipinski definition) is 1. The van der Waals surface area contributed by atoms with Gasteiger partial charge in [-0.15, -0.1) is 0 Å². The molecule has 1 heterocycles. The molecule has 1 N–H and O–H groups in total. The number of aromatic nitrogens is 2. The highest BCUT2D eigenvalue weighted by molar-refractivity contribution is 9.10. The van der Waals surface area contributed by atoms with E-state index in [-0.39, 0.29) is 0 Å². The summed E-state index contributed by atoms with van der Waals surface area (Å²) in [7, 11) is 0. The van der Waals surface area contributed by atoms with Crippen molar-refractivity contribution in [2.75, 3.05) is 0 Å². The first-order valence-electron chi connectivity index (χ1n) is 6.15. The fraction of sp³-hybridized carbons (Fsp3) is 0.357. The van der Waals surface area contributed by atoms with E-state index in [2.05, 4.69) is 28.0 Å². The first-order valence-corrected chi connectivity index (χ1v) is 6.94. The quantitative estimate of drug-likeness (QED) is 0.920. The van der Waals surface area contributed by atoms with Crippen LogP contribution in [-0.4, -0.2) is 14.9 Å². The fourth-order valence-electron chi connectivity index (χ4n) is 1.97. The topological polar surface area (TPSA) is 38.0 Å². The van der Waals surface area contributed by atoms with Gasteiger partial charge in [-0.05, 0) is 30.2 Å². The molecule has 4 heteroatoms. The molecule has 18 heavy (non-hydrogen) atoms. The van der Waals surface area contributed by atoms with Crippen LogP contribution >= 0.6 is 15.9 Å². The van der Waals surface area contributed by atoms with Crippen LogP contribution < -0.4 is 0 Å². The highest BCUT2D eigenvalue weighted by Crippen LogP contribution is 2.19. The van der Waals surface area contributed by atoms with E-state index in [9.17, 15) is 5.11 Å². The summed E-state index contributed by atoms with van der Waals surface area (Å²) in [6, 6.07) is 9.91. The largest absolute Gasteiger partial charge is 0.386 e. The second-order valence-electron chi connectivity index (χ2n) is 4.33. The lowest BCUT2D eigenvalue weighted by Gasteiger charge is -2.13. The van der Waals surface area contributed by atoms with Gasteiger partial charge < -0.3 is 5.11 Å². The Hall–Kier alpha value is -1.13. The number of rotatable bonds is 5. The second-order valence-corrected chi connectivity index (χ2v) is 5.24. The lowest BCUT2D eigenvalue weighted by Crippen LogP contribution is -2.11. The molecule has 0 spiro atoms. The molecule has 0 aliphatic carbocycles. The first kappa shape index (κ1) is 13.3. The van der Waals surface area contributed by atoms with Crippen molar-refractivity contribution in [2.24, 2.45) is 0 Å². The number of nitrogens with zero attached hydrogens (tertiary/aromatic N) is 2. The molecule has 1 aromatic carbocycles. The number of benzene rings is 1. The zero-order chi connectivity index (χ0) is 13.0. The summed E-state index contributed by atoms with van der Waals surface area (Å²) in [5.41, 5.74) is 2.01. The third-order valence-corrected chi connectivity index (χ3v) is 3.40. The summed E-state index contributed by atoms with van der Waals surface area (Å²) in [4.78, 5) is 0. The summed E-state index contributed by atoms with van der Waals surface area (Å²) >= 11 is 3.41. The van der Waals surface area contributed by atoms with Crippen molar-refractivity contribution in [2.45, 2.75) is 32.4 Å². The Morgan fingerprint density at radius 3 is 2.67 bits per heavy atom. The third kappa shape index (κ3) is 3.21. The molecule has 0 aliphatic rings. The molecule has 2 aromatic rings. The molecule has 0 radical (unpaired) electrons. The Balaban J connectivity index is 2.09. The van der Waals surface area contributed by atoms with E-state index >= 15 is 0 Å². The van der Waals surface area contributed by atoms with Crippen molar-refractivity contribution >= 4 is 15.9 Å². The van der Waals surface area contributed by atoms with Crippen LogP contribution in [0.5, 0.6) is 0 Å². The lowest BCUT2D eigenvalue weighted by molar-refractivity contribution is 0.166. The molecule has 1 aromatic heterocycles. The monoisotopic (exact) mass is 308 g/mol. The van der Waals surface area contributed by atoms with Crippen molar-refractivity contribution < 1.29 is 5.11 Å². The molecule has 96 valence electrons. The third-order valence-electron chi connectivity index (χ3n) is 2.87. The normalized spacial score (nSPS) is 12.6. The molecule has 0 fully saturated rings. The molecule has 0 saturated heterocycles. The van der Waals surface area contributed by atoms with E-state index in [0.717, 1.165) is 28.7 Å². The fourth-order valence-corrected chi connectivity index (χ4v) is 2.24. The molecule has 3 nitrogen and oxygen atoms in total. The maximum absolute atomic E-state index is 10.3. The van der Waals surface area contributed by atoms with Crippen LogP contribution in [-0.2, 0) is 13.0 Å². The molecule has 0 saturated carbocycles. The number of aliphatic hydroxyl groups excluding tert-OH is 1. The van der Waals surface area contributed by atoms with Crippen LogP contribution in [0, 0.1) is 0 Å². The maximum Gasteiger partial charge on any atom is 0.0996 e. The SMILES string of the molecule is CCCn1nccc1C(O)Cc1ccc(Br)cc1. The van der Waals surface area contributed by atoms with Crippen LogP contribution in [0.25, 0.3) is 0 Å². The minimum absolute atomic E-state index is 0.500. The predicted octanol–water partition coefficient (Wildman–Crippen LogP) is 3.33. The summed E-state index contributed by atoms with van der Waals surface area (Å²) in [5.74, 6) is 0. The smallest absolute Gasteiger partial charge is 0.0996 e. The Morgan fingerprint density at radius 2 is 2.00 bits per heavy atom. The van der Waals surface area contributed by atoms with Gasteiger partial charge in [-0.3, -0.25) is 4.68 Å². The van der Waals surface area contributed by atoms with Gasteiger partial charge in [0.2, 0.25) is 0 Å². The van der Waals surface area contributed by atoms with Gasteiger partial charge in [-0.25, -0.2) is 0 Å². The molecule has 1 atom stereocenters. The summed E-state index contributed by atoms with van der Waals surface area (Å²) in [6.07, 6.45) is 2.87. The average Bonchev–Trinajstić information content (AvgIpc) is 2.81. The summed E-state index contributed by atoms with van der Waals surface area (Å²) in [6.45, 7) is 2.95. The van der Waals surface area contributed by atoms with Gasteiger partial charge in [0.05, 0.1) is 11.8 Å². The van der Waals surface area contributed by atoms with Crippen LogP contribution in [0.4, 0.5) is 0 Å². The Morgan fingerprint density at radius 1 is 1.28 bits per heavy atom. The van der Waals surface area contributed by atoms with Gasteiger partial charge in [0.15, 0.2) is 0 Å². The molecule has 0 amide bonds. The molecular formula is C14H17BrN2O. The van der Waals surface area contributed by atoms with Gasteiger partial charge in [-0.1, -0.05) is 35.0 Å². The average molecular weight is 309 g/mol. The Labute approximate surface area is 116 Å². The molecule has 0 aliphatic heterocycles.